The Bertz CT molecular complexity index is 1330. The van der Waals surface area contributed by atoms with Gasteiger partial charge in [-0.15, -0.1) is 0 Å². The molecule has 1 heterocycles. The van der Waals surface area contributed by atoms with Crippen LogP contribution in [0.4, 0.5) is 0 Å². The van der Waals surface area contributed by atoms with Crippen molar-refractivity contribution >= 4 is 11.4 Å². The van der Waals surface area contributed by atoms with Gasteiger partial charge in [0.15, 0.2) is 0 Å². The first-order valence-electron chi connectivity index (χ1n) is 22.2. The number of hydrogen-bond acceptors (Lipinski definition) is 0. The number of allylic oxidation sites excluding steroid dienone is 2. The van der Waals surface area contributed by atoms with Gasteiger partial charge in [-0.1, -0.05) is 125 Å². The van der Waals surface area contributed by atoms with Crippen LogP contribution in [0.5, 0.6) is 0 Å². The largest absolute Gasteiger partial charge is 2.00 e. The summed E-state index contributed by atoms with van der Waals surface area (Å²) in [4.78, 5) is 0. The van der Waals surface area contributed by atoms with Gasteiger partial charge < -0.3 is 16.2 Å². The molecule has 5 heteroatoms. The van der Waals surface area contributed by atoms with Crippen LogP contribution in [0, 0.1) is 0 Å². The van der Waals surface area contributed by atoms with Crippen molar-refractivity contribution in [2.75, 3.05) is 27.2 Å². The number of unbranched alkanes of at least 4 members (excludes halogenated alkanes) is 9. The zero-order valence-electron chi connectivity index (χ0n) is 36.8. The Morgan fingerprint density at radius 3 is 0.963 bits per heavy atom. The second-order valence-electron chi connectivity index (χ2n) is 15.0. The van der Waals surface area contributed by atoms with Crippen molar-refractivity contribution in [1.82, 2.24) is 0 Å². The minimum absolute atomic E-state index is 0. The van der Waals surface area contributed by atoms with Gasteiger partial charge in [0.05, 0.1) is 0 Å². The van der Waals surface area contributed by atoms with Crippen LogP contribution in [0.15, 0.2) is 47.5 Å². The summed E-state index contributed by atoms with van der Waals surface area (Å²) in [5, 5.41) is 7.47. The molecule has 0 spiro atoms. The van der Waals surface area contributed by atoms with Crippen molar-refractivity contribution < 1.29 is 21.2 Å². The molecule has 1 aliphatic heterocycles. The van der Waals surface area contributed by atoms with Gasteiger partial charge in [0.2, 0.25) is 11.4 Å². The van der Waals surface area contributed by atoms with Crippen LogP contribution in [0.3, 0.4) is 0 Å². The Hall–Kier alpha value is -2.07. The Kier molecular flexibility index (Phi) is 31.8. The fourth-order valence-electron chi connectivity index (χ4n) is 6.99. The molecule has 308 valence electrons. The number of nitrogens with zero attached hydrogens (tertiary/aromatic N) is 4. The van der Waals surface area contributed by atoms with Crippen molar-refractivity contribution in [3.63, 3.8) is 0 Å². The van der Waals surface area contributed by atoms with Crippen LogP contribution in [0.25, 0.3) is 27.6 Å². The molecular weight excluding hydrogens is 703 g/mol. The van der Waals surface area contributed by atoms with Crippen LogP contribution >= 0.6 is 0 Å². The van der Waals surface area contributed by atoms with Gasteiger partial charge in [0.25, 0.3) is 0 Å². The molecule has 0 fully saturated rings. The molecule has 0 N–H and O–H groups in total. The smallest absolute Gasteiger partial charge is 0.665 e. The fourth-order valence-corrected chi connectivity index (χ4v) is 6.99. The molecule has 3 rings (SSSR count). The fraction of sp³-hybridized carbons (Fsp3) is 0.673. The molecule has 0 radical (unpaired) electrons. The standard InChI is InChI=1S/C43H66N2.2C3H8N.Ni/c1-7-13-19-24-36-28-34(22-16-10-4)30-38(32-36)42-40(26-18-12-6)41(27-21-15-9-3)43(45(42)44)39-31-35(23-17-11-5)29-37(33-39)25-20-14-8-2;2*1-3-4-2;/h28-33H,7-27H2,1-6H3;2*3H2,1-2H3;/q;2*-1;+2. The number of rotatable bonds is 25. The Labute approximate surface area is 345 Å². The van der Waals surface area contributed by atoms with E-state index in [0.717, 1.165) is 75.9 Å². The van der Waals surface area contributed by atoms with E-state index >= 15 is 0 Å². The van der Waals surface area contributed by atoms with E-state index in [4.69, 9.17) is 0 Å². The molecule has 2 aromatic rings. The maximum atomic E-state index is 12.4. The van der Waals surface area contributed by atoms with Gasteiger partial charge in [-0.05, 0) is 124 Å². The first-order chi connectivity index (χ1) is 25.8. The molecule has 0 saturated heterocycles. The van der Waals surface area contributed by atoms with Gasteiger partial charge in [-0.25, -0.2) is 4.70 Å². The number of hydrogen-bond donors (Lipinski definition) is 0. The maximum absolute atomic E-state index is 12.4. The average molecular weight is 786 g/mol. The molecular formula is C49H82N4Ni. The van der Waals surface area contributed by atoms with E-state index in [-0.39, 0.29) is 16.5 Å². The Balaban J connectivity index is 0.00000283. The van der Waals surface area contributed by atoms with Crippen LogP contribution in [-0.4, -0.2) is 31.9 Å². The van der Waals surface area contributed by atoms with E-state index in [9.17, 15) is 5.53 Å². The summed E-state index contributed by atoms with van der Waals surface area (Å²) in [5.74, 6) is 0. The topological polar surface area (TPSA) is 53.5 Å². The average Bonchev–Trinajstić information content (AvgIpc) is 3.45. The molecule has 0 saturated carbocycles. The van der Waals surface area contributed by atoms with E-state index in [0.29, 0.717) is 0 Å². The van der Waals surface area contributed by atoms with Crippen molar-refractivity contribution in [2.45, 2.75) is 190 Å². The molecule has 0 aromatic heterocycles. The summed E-state index contributed by atoms with van der Waals surface area (Å²) in [6.45, 7) is 19.7. The third kappa shape index (κ3) is 19.2. The van der Waals surface area contributed by atoms with Crippen LogP contribution in [-0.2, 0) is 42.2 Å². The summed E-state index contributed by atoms with van der Waals surface area (Å²) < 4.78 is 1.65. The van der Waals surface area contributed by atoms with Crippen molar-refractivity contribution in [3.8, 4) is 0 Å². The van der Waals surface area contributed by atoms with E-state index in [1.807, 2.05) is 13.8 Å². The summed E-state index contributed by atoms with van der Waals surface area (Å²) in [5.41, 5.74) is 25.5. The quantitative estimate of drug-likeness (QED) is 0.0547. The van der Waals surface area contributed by atoms with Crippen molar-refractivity contribution in [3.05, 3.63) is 97.1 Å². The first kappa shape index (κ1) is 51.9. The zero-order valence-corrected chi connectivity index (χ0v) is 37.8. The molecule has 54 heavy (non-hydrogen) atoms. The summed E-state index contributed by atoms with van der Waals surface area (Å²) >= 11 is 0. The molecule has 1 aliphatic rings. The summed E-state index contributed by atoms with van der Waals surface area (Å²) in [6, 6.07) is 14.5. The number of aryl methyl sites for hydroxylation is 4. The van der Waals surface area contributed by atoms with E-state index < -0.39 is 0 Å². The van der Waals surface area contributed by atoms with Crippen LogP contribution in [0.1, 0.15) is 198 Å². The second kappa shape index (κ2) is 33.1. The van der Waals surface area contributed by atoms with Crippen molar-refractivity contribution in [1.29, 1.82) is 0 Å². The Morgan fingerprint density at radius 1 is 0.407 bits per heavy atom. The maximum Gasteiger partial charge on any atom is 2.00 e. The van der Waals surface area contributed by atoms with E-state index in [1.54, 1.807) is 18.8 Å². The van der Waals surface area contributed by atoms with Crippen molar-refractivity contribution in [2.24, 2.45) is 0 Å². The SMILES string of the molecule is CCCCCC1=C(c2cc(CCCC)cc(CCCCC)c2)[N+](=[N-])C(c2cc(CCCC)cc(CCCCC)c2)=C1CCCC.CC[N-]C.CC[N-]C.[Ni+2]. The third-order valence-corrected chi connectivity index (χ3v) is 10.2. The molecule has 0 atom stereocenters. The van der Waals surface area contributed by atoms with Gasteiger partial charge in [0.1, 0.15) is 0 Å². The molecule has 0 aliphatic carbocycles. The minimum atomic E-state index is 0. The molecule has 2 aromatic carbocycles. The van der Waals surface area contributed by atoms with Gasteiger partial charge in [0, 0.05) is 22.3 Å². The van der Waals surface area contributed by atoms with Crippen LogP contribution in [0.2, 0.25) is 0 Å². The predicted molar refractivity (Wildman–Crippen MR) is 237 cm³/mol. The monoisotopic (exact) mass is 785 g/mol. The first-order valence-corrected chi connectivity index (χ1v) is 22.2. The summed E-state index contributed by atoms with van der Waals surface area (Å²) in [6.07, 6.45) is 24.7. The summed E-state index contributed by atoms with van der Waals surface area (Å²) in [7, 11) is 3.61. The molecule has 0 amide bonds. The Morgan fingerprint density at radius 2 is 0.667 bits per heavy atom. The van der Waals surface area contributed by atoms with E-state index in [1.165, 1.54) is 128 Å². The minimum Gasteiger partial charge on any atom is -0.665 e. The van der Waals surface area contributed by atoms with Gasteiger partial charge in [-0.3, -0.25) is 0 Å². The normalized spacial score (nSPS) is 12.4. The van der Waals surface area contributed by atoms with Gasteiger partial charge >= 0.3 is 16.5 Å². The second-order valence-corrected chi connectivity index (χ2v) is 15.0. The van der Waals surface area contributed by atoms with Gasteiger partial charge in [-0.2, -0.15) is 27.2 Å². The molecule has 0 unspecified atom stereocenters. The van der Waals surface area contributed by atoms with Crippen LogP contribution < -0.4 is 0 Å². The zero-order chi connectivity index (χ0) is 39.3. The predicted octanol–water partition coefficient (Wildman–Crippen LogP) is 15.8. The van der Waals surface area contributed by atoms with E-state index in [2.05, 4.69) is 88.6 Å². The third-order valence-electron chi connectivity index (χ3n) is 10.2. The number of benzene rings is 2. The molecule has 4 nitrogen and oxygen atoms in total. The molecule has 0 bridgehead atoms.